The van der Waals surface area contributed by atoms with Gasteiger partial charge in [-0.15, -0.1) is 0 Å². The molecule has 42 heavy (non-hydrogen) atoms. The quantitative estimate of drug-likeness (QED) is 0.168. The first kappa shape index (κ1) is 40.0. The zero-order chi connectivity index (χ0) is 35.2. The molecular weight excluding hydrogens is 702 g/mol. The molecule has 0 aromatic rings. The second kappa shape index (κ2) is 9.50. The third-order valence-electron chi connectivity index (χ3n) is 4.58. The molecule has 0 aliphatic rings. The van der Waals surface area contributed by atoms with Crippen LogP contribution in [0.25, 0.3) is 0 Å². The minimum absolute atomic E-state index is 2.56. The first-order chi connectivity index (χ1) is 17.5. The van der Waals surface area contributed by atoms with Crippen molar-refractivity contribution in [3.63, 3.8) is 0 Å². The van der Waals surface area contributed by atoms with Crippen LogP contribution in [0.1, 0.15) is 0 Å². The molecule has 0 aromatic heterocycles. The van der Waals surface area contributed by atoms with E-state index in [2.05, 4.69) is 0 Å². The van der Waals surface area contributed by atoms with Gasteiger partial charge in [0.2, 0.25) is 0 Å². The van der Waals surface area contributed by atoms with Crippen molar-refractivity contribution < 1.29 is 123 Å². The number of hydrogen-bond acceptors (Lipinski definition) is 1. The molecule has 0 saturated heterocycles. The normalized spacial score (nSPS) is 17.1. The van der Waals surface area contributed by atoms with E-state index in [9.17, 15) is 123 Å². The van der Waals surface area contributed by atoms with Gasteiger partial charge in [0, 0.05) is 0 Å². The van der Waals surface area contributed by atoms with Crippen molar-refractivity contribution in [3.8, 4) is 0 Å². The Balaban J connectivity index is 7.06. The fraction of sp³-hybridized carbons (Fsp3) is 1.00. The van der Waals surface area contributed by atoms with E-state index in [-0.39, 0.29) is 0 Å². The summed E-state index contributed by atoms with van der Waals surface area (Å²) < 4.78 is 360. The highest BCUT2D eigenvalue weighted by Gasteiger charge is 2.96. The van der Waals surface area contributed by atoms with E-state index in [0.29, 0.717) is 0 Å². The summed E-state index contributed by atoms with van der Waals surface area (Å²) in [6.45, 7) is 0. The molecule has 0 spiro atoms. The maximum absolute atomic E-state index is 13.4. The molecular formula is C13HF28N. The van der Waals surface area contributed by atoms with Crippen LogP contribution in [-0.4, -0.2) is 77.7 Å². The third kappa shape index (κ3) is 4.90. The van der Waals surface area contributed by atoms with Crippen LogP contribution in [0.4, 0.5) is 123 Å². The summed E-state index contributed by atoms with van der Waals surface area (Å²) in [5, 5.41) is -2.56. The van der Waals surface area contributed by atoms with Crippen molar-refractivity contribution in [2.24, 2.45) is 0 Å². The molecule has 0 aliphatic heterocycles. The maximum Gasteiger partial charge on any atom is 0.460 e. The zero-order valence-corrected chi connectivity index (χ0v) is 17.6. The Hall–Kier alpha value is -2.00. The fourth-order valence-corrected chi connectivity index (χ4v) is 2.09. The molecule has 0 amide bonds. The minimum atomic E-state index is -9.46. The molecule has 0 radical (unpaired) electrons. The van der Waals surface area contributed by atoms with Crippen LogP contribution in [0, 0.1) is 0 Å². The van der Waals surface area contributed by atoms with E-state index in [1.54, 1.807) is 0 Å². The number of hydrogen-bond donors (Lipinski definition) is 1. The van der Waals surface area contributed by atoms with Crippen molar-refractivity contribution in [2.75, 3.05) is 0 Å². The van der Waals surface area contributed by atoms with E-state index >= 15 is 0 Å². The molecule has 0 heterocycles. The highest BCUT2D eigenvalue weighted by molar-refractivity contribution is 5.15. The number of nitrogens with one attached hydrogen (secondary N) is 1. The lowest BCUT2D eigenvalue weighted by Gasteiger charge is -2.44. The zero-order valence-electron chi connectivity index (χ0n) is 17.6. The summed E-state index contributed by atoms with van der Waals surface area (Å²) in [5.41, 5.74) is 0. The monoisotopic (exact) mass is 703 g/mol. The van der Waals surface area contributed by atoms with Crippen LogP contribution in [0.15, 0.2) is 0 Å². The molecule has 1 N–H and O–H groups in total. The molecule has 0 unspecified atom stereocenters. The molecule has 0 atom stereocenters. The van der Waals surface area contributed by atoms with Crippen LogP contribution in [0.3, 0.4) is 0 Å². The number of rotatable bonds is 11. The highest BCUT2D eigenvalue weighted by atomic mass is 19.4. The Morgan fingerprint density at radius 3 is 0.524 bits per heavy atom. The van der Waals surface area contributed by atoms with Crippen LogP contribution >= 0.6 is 0 Å². The summed E-state index contributed by atoms with van der Waals surface area (Å²) in [6, 6.07) is -17.4. The Morgan fingerprint density at radius 2 is 0.333 bits per heavy atom. The Morgan fingerprint density at radius 1 is 0.190 bits per heavy atom. The van der Waals surface area contributed by atoms with Crippen molar-refractivity contribution in [1.29, 1.82) is 0 Å². The molecule has 0 bridgehead atoms. The average Bonchev–Trinajstić information content (AvgIpc) is 2.69. The van der Waals surface area contributed by atoms with E-state index in [1.165, 1.54) is 0 Å². The van der Waals surface area contributed by atoms with Crippen molar-refractivity contribution in [2.45, 2.75) is 77.7 Å². The minimum Gasteiger partial charge on any atom is -0.192 e. The summed E-state index contributed by atoms with van der Waals surface area (Å²) in [6.07, 6.45) is -16.2. The van der Waals surface area contributed by atoms with Gasteiger partial charge < -0.3 is 0 Å². The van der Waals surface area contributed by atoms with Gasteiger partial charge in [-0.25, -0.2) is 0 Å². The topological polar surface area (TPSA) is 12.0 Å². The first-order valence-electron chi connectivity index (χ1n) is 8.54. The fourth-order valence-electron chi connectivity index (χ4n) is 2.09. The molecule has 29 heteroatoms. The second-order valence-electron chi connectivity index (χ2n) is 7.44. The van der Waals surface area contributed by atoms with Gasteiger partial charge >= 0.3 is 77.7 Å². The van der Waals surface area contributed by atoms with Crippen LogP contribution in [0.5, 0.6) is 0 Å². The van der Waals surface area contributed by atoms with Gasteiger partial charge in [0.15, 0.2) is 0 Å². The Kier molecular flexibility index (Phi) is 9.05. The van der Waals surface area contributed by atoms with Gasteiger partial charge in [-0.1, -0.05) is 0 Å². The summed E-state index contributed by atoms with van der Waals surface area (Å²) in [4.78, 5) is 0. The maximum atomic E-state index is 13.4. The third-order valence-corrected chi connectivity index (χ3v) is 4.58. The SMILES string of the molecule is FC(F)(F)C(F)(F)C(F)(F)C(F)(F)C(F)(F)NC(F)(F)C(F)(F)C(F)(F)C(F)(F)C(F)(F)C(F)(F)C(F)(F)C(F)(F)F. The number of alkyl halides is 28. The van der Waals surface area contributed by atoms with Crippen molar-refractivity contribution >= 4 is 0 Å². The highest BCUT2D eigenvalue weighted by Crippen LogP contribution is 2.64. The summed E-state index contributed by atoms with van der Waals surface area (Å²) in [7, 11) is 0. The number of halogens is 28. The van der Waals surface area contributed by atoms with Crippen LogP contribution in [0.2, 0.25) is 0 Å². The molecule has 0 saturated carbocycles. The average molecular weight is 703 g/mol. The summed E-state index contributed by atoms with van der Waals surface area (Å²) in [5.74, 6) is -81.4. The Bertz CT molecular complexity index is 977. The van der Waals surface area contributed by atoms with Gasteiger partial charge in [0.25, 0.3) is 0 Å². The van der Waals surface area contributed by atoms with E-state index < -0.39 is 83.1 Å². The van der Waals surface area contributed by atoms with Gasteiger partial charge in [0.05, 0.1) is 0 Å². The van der Waals surface area contributed by atoms with Crippen LogP contribution in [-0.2, 0) is 0 Å². The summed E-state index contributed by atoms with van der Waals surface area (Å²) >= 11 is 0. The largest absolute Gasteiger partial charge is 0.460 e. The van der Waals surface area contributed by atoms with Gasteiger partial charge in [-0.2, -0.15) is 128 Å². The lowest BCUT2D eigenvalue weighted by atomic mass is 9.90. The smallest absolute Gasteiger partial charge is 0.192 e. The molecule has 254 valence electrons. The van der Waals surface area contributed by atoms with E-state index in [4.69, 9.17) is 0 Å². The van der Waals surface area contributed by atoms with Gasteiger partial charge in [-0.3, -0.25) is 0 Å². The standard InChI is InChI=1S/C13HF28N/c14-1(15,3(18,19)6(24,25)10(32,33)34)2(16,17)4(20,21)8(28,29)12(38,39)42-13(40,41)9(30,31)5(22,23)7(26,27)11(35,36)37/h42H. The molecule has 1 nitrogen and oxygen atoms in total. The van der Waals surface area contributed by atoms with Gasteiger partial charge in [0.1, 0.15) is 0 Å². The molecule has 0 aliphatic carbocycles. The van der Waals surface area contributed by atoms with Crippen LogP contribution < -0.4 is 5.32 Å². The predicted octanol–water partition coefficient (Wildman–Crippen LogP) is 8.60. The molecule has 0 rings (SSSR count). The lowest BCUT2D eigenvalue weighted by Crippen LogP contribution is -2.78. The van der Waals surface area contributed by atoms with Crippen molar-refractivity contribution in [1.82, 2.24) is 5.32 Å². The van der Waals surface area contributed by atoms with E-state index in [1.807, 2.05) is 0 Å². The second-order valence-corrected chi connectivity index (χ2v) is 7.44. The first-order valence-corrected chi connectivity index (χ1v) is 8.54. The Labute approximate surface area is 207 Å². The lowest BCUT2D eigenvalue weighted by molar-refractivity contribution is -0.468. The van der Waals surface area contributed by atoms with E-state index in [0.717, 1.165) is 0 Å². The molecule has 0 fully saturated rings. The van der Waals surface area contributed by atoms with Crippen molar-refractivity contribution in [3.05, 3.63) is 0 Å². The van der Waals surface area contributed by atoms with Gasteiger partial charge in [-0.05, 0) is 0 Å². The molecule has 0 aromatic carbocycles. The predicted molar refractivity (Wildman–Crippen MR) is 69.7 cm³/mol.